The van der Waals surface area contributed by atoms with Gasteiger partial charge in [-0.25, -0.2) is 0 Å². The molecule has 0 unspecified atom stereocenters. The number of carbonyl (C=O) groups excluding carboxylic acids is 2. The summed E-state index contributed by atoms with van der Waals surface area (Å²) in [6.45, 7) is 1.21. The highest BCUT2D eigenvalue weighted by atomic mass is 16.5. The molecule has 2 aromatic carbocycles. The number of ether oxygens (including phenoxy) is 1. The summed E-state index contributed by atoms with van der Waals surface area (Å²) in [5.41, 5.74) is 2.93. The van der Waals surface area contributed by atoms with Crippen LogP contribution in [0.4, 0.5) is 0 Å². The first kappa shape index (κ1) is 16.0. The van der Waals surface area contributed by atoms with Gasteiger partial charge in [0.15, 0.2) is 12.9 Å². The largest absolute Gasteiger partial charge is 0.483 e. The van der Waals surface area contributed by atoms with E-state index in [1.165, 1.54) is 11.1 Å². The number of para-hydroxylation sites is 1. The number of aldehydes is 1. The molecule has 1 heterocycles. The van der Waals surface area contributed by atoms with Gasteiger partial charge in [0.05, 0.1) is 5.56 Å². The summed E-state index contributed by atoms with van der Waals surface area (Å²) in [5, 5.41) is 0. The van der Waals surface area contributed by atoms with E-state index in [1.807, 2.05) is 18.2 Å². The minimum absolute atomic E-state index is 0.0562. The van der Waals surface area contributed by atoms with Crippen LogP contribution >= 0.6 is 0 Å². The average molecular weight is 321 g/mol. The van der Waals surface area contributed by atoms with Crippen LogP contribution in [-0.4, -0.2) is 36.8 Å². The molecule has 0 aromatic heterocycles. The molecule has 0 radical (unpaired) electrons. The Balaban J connectivity index is 1.57. The van der Waals surface area contributed by atoms with Crippen molar-refractivity contribution in [3.63, 3.8) is 0 Å². The summed E-state index contributed by atoms with van der Waals surface area (Å²) in [6, 6.07) is 17.1. The molecule has 3 rings (SSSR count). The molecule has 0 spiro atoms. The number of carbonyl (C=O) groups is 2. The lowest BCUT2D eigenvalue weighted by Crippen LogP contribution is -2.37. The molecule has 0 fully saturated rings. The van der Waals surface area contributed by atoms with Gasteiger partial charge in [0, 0.05) is 13.1 Å². The van der Waals surface area contributed by atoms with E-state index >= 15 is 0 Å². The van der Waals surface area contributed by atoms with Crippen LogP contribution in [0, 0.1) is 0 Å². The Morgan fingerprint density at radius 3 is 2.54 bits per heavy atom. The molecular weight excluding hydrogens is 302 g/mol. The van der Waals surface area contributed by atoms with Gasteiger partial charge in [-0.1, -0.05) is 48.5 Å². The van der Waals surface area contributed by atoms with Gasteiger partial charge >= 0.3 is 0 Å². The van der Waals surface area contributed by atoms with E-state index < -0.39 is 0 Å². The Kier molecular flexibility index (Phi) is 5.06. The van der Waals surface area contributed by atoms with Crippen molar-refractivity contribution in [2.75, 3.05) is 19.7 Å². The normalized spacial score (nSPS) is 14.0. The molecule has 0 N–H and O–H groups in total. The van der Waals surface area contributed by atoms with E-state index in [0.29, 0.717) is 24.4 Å². The van der Waals surface area contributed by atoms with Gasteiger partial charge < -0.3 is 9.64 Å². The Hall–Kier alpha value is -2.88. The number of amides is 1. The lowest BCUT2D eigenvalue weighted by molar-refractivity contribution is -0.132. The molecule has 0 aliphatic carbocycles. The predicted octanol–water partition coefficient (Wildman–Crippen LogP) is 3.19. The van der Waals surface area contributed by atoms with E-state index in [2.05, 4.69) is 18.2 Å². The quantitative estimate of drug-likeness (QED) is 0.795. The monoisotopic (exact) mass is 321 g/mol. The van der Waals surface area contributed by atoms with Crippen molar-refractivity contribution in [3.8, 4) is 5.75 Å². The molecule has 4 nitrogen and oxygen atoms in total. The second kappa shape index (κ2) is 7.59. The molecule has 0 bridgehead atoms. The number of hydrogen-bond donors (Lipinski definition) is 0. The number of rotatable bonds is 5. The first-order valence-electron chi connectivity index (χ1n) is 7.97. The van der Waals surface area contributed by atoms with Crippen molar-refractivity contribution in [2.24, 2.45) is 0 Å². The van der Waals surface area contributed by atoms with Crippen LogP contribution in [0.3, 0.4) is 0 Å². The average Bonchev–Trinajstić information content (AvgIpc) is 2.67. The fourth-order valence-corrected chi connectivity index (χ4v) is 2.75. The first-order chi connectivity index (χ1) is 11.8. The Morgan fingerprint density at radius 2 is 1.83 bits per heavy atom. The maximum absolute atomic E-state index is 12.3. The number of benzene rings is 2. The van der Waals surface area contributed by atoms with Gasteiger partial charge in [-0.3, -0.25) is 9.59 Å². The molecule has 122 valence electrons. The summed E-state index contributed by atoms with van der Waals surface area (Å²) in [4.78, 5) is 25.0. The van der Waals surface area contributed by atoms with E-state index in [4.69, 9.17) is 4.74 Å². The lowest BCUT2D eigenvalue weighted by Gasteiger charge is -2.26. The highest BCUT2D eigenvalue weighted by Gasteiger charge is 2.18. The SMILES string of the molecule is O=Cc1ccccc1OCC(=O)N1CC=C(c2ccccc2)CC1. The summed E-state index contributed by atoms with van der Waals surface area (Å²) in [6.07, 6.45) is 3.66. The third-order valence-electron chi connectivity index (χ3n) is 4.10. The van der Waals surface area contributed by atoms with E-state index in [-0.39, 0.29) is 12.5 Å². The molecule has 4 heteroatoms. The number of hydrogen-bond acceptors (Lipinski definition) is 3. The van der Waals surface area contributed by atoms with Crippen LogP contribution in [0.5, 0.6) is 5.75 Å². The van der Waals surface area contributed by atoms with Gasteiger partial charge in [-0.05, 0) is 29.7 Å². The second-order valence-electron chi connectivity index (χ2n) is 5.63. The van der Waals surface area contributed by atoms with Gasteiger partial charge in [0.2, 0.25) is 0 Å². The van der Waals surface area contributed by atoms with E-state index in [9.17, 15) is 9.59 Å². The van der Waals surface area contributed by atoms with Crippen molar-refractivity contribution in [1.82, 2.24) is 4.90 Å². The summed E-state index contributed by atoms with van der Waals surface area (Å²) in [7, 11) is 0. The van der Waals surface area contributed by atoms with Crippen LogP contribution in [0.2, 0.25) is 0 Å². The molecular formula is C20H19NO3. The van der Waals surface area contributed by atoms with Gasteiger partial charge in [0.1, 0.15) is 5.75 Å². The van der Waals surface area contributed by atoms with E-state index in [0.717, 1.165) is 12.7 Å². The third-order valence-corrected chi connectivity index (χ3v) is 4.10. The Bertz CT molecular complexity index is 752. The van der Waals surface area contributed by atoms with Gasteiger partial charge in [-0.2, -0.15) is 0 Å². The first-order valence-corrected chi connectivity index (χ1v) is 7.97. The Morgan fingerprint density at radius 1 is 1.08 bits per heavy atom. The summed E-state index contributed by atoms with van der Waals surface area (Å²) < 4.78 is 5.51. The van der Waals surface area contributed by atoms with Crippen LogP contribution in [0.25, 0.3) is 5.57 Å². The maximum atomic E-state index is 12.3. The van der Waals surface area contributed by atoms with Crippen LogP contribution < -0.4 is 4.74 Å². The van der Waals surface area contributed by atoms with Gasteiger partial charge in [0.25, 0.3) is 5.91 Å². The molecule has 1 amide bonds. The highest BCUT2D eigenvalue weighted by Crippen LogP contribution is 2.22. The maximum Gasteiger partial charge on any atom is 0.260 e. The molecule has 1 aliphatic rings. The summed E-state index contributed by atoms with van der Waals surface area (Å²) in [5.74, 6) is 0.373. The fourth-order valence-electron chi connectivity index (χ4n) is 2.75. The molecule has 1 aliphatic heterocycles. The predicted molar refractivity (Wildman–Crippen MR) is 92.9 cm³/mol. The van der Waals surface area contributed by atoms with Crippen LogP contribution in [-0.2, 0) is 4.79 Å². The van der Waals surface area contributed by atoms with Crippen LogP contribution in [0.15, 0.2) is 60.7 Å². The molecule has 0 atom stereocenters. The van der Waals surface area contributed by atoms with Crippen LogP contribution in [0.1, 0.15) is 22.3 Å². The second-order valence-corrected chi connectivity index (χ2v) is 5.63. The minimum atomic E-state index is -0.0703. The zero-order valence-electron chi connectivity index (χ0n) is 13.4. The lowest BCUT2D eigenvalue weighted by atomic mass is 10.00. The van der Waals surface area contributed by atoms with Crippen molar-refractivity contribution < 1.29 is 14.3 Å². The highest BCUT2D eigenvalue weighted by molar-refractivity contribution is 5.81. The zero-order valence-corrected chi connectivity index (χ0v) is 13.4. The van der Waals surface area contributed by atoms with Crippen molar-refractivity contribution in [3.05, 3.63) is 71.8 Å². The minimum Gasteiger partial charge on any atom is -0.483 e. The fraction of sp³-hybridized carbons (Fsp3) is 0.200. The number of nitrogens with zero attached hydrogens (tertiary/aromatic N) is 1. The molecule has 0 saturated carbocycles. The molecule has 2 aromatic rings. The van der Waals surface area contributed by atoms with Crippen molar-refractivity contribution >= 4 is 17.8 Å². The van der Waals surface area contributed by atoms with Gasteiger partial charge in [-0.15, -0.1) is 0 Å². The molecule has 24 heavy (non-hydrogen) atoms. The third kappa shape index (κ3) is 3.71. The molecule has 0 saturated heterocycles. The zero-order chi connectivity index (χ0) is 16.8. The summed E-state index contributed by atoms with van der Waals surface area (Å²) >= 11 is 0. The smallest absolute Gasteiger partial charge is 0.260 e. The van der Waals surface area contributed by atoms with E-state index in [1.54, 1.807) is 29.2 Å². The van der Waals surface area contributed by atoms with Crippen molar-refractivity contribution in [1.29, 1.82) is 0 Å². The Labute approximate surface area is 141 Å². The standard InChI is InChI=1S/C20H19NO3/c22-14-18-8-4-5-9-19(18)24-15-20(23)21-12-10-17(11-13-21)16-6-2-1-3-7-16/h1-10,14H,11-13,15H2. The van der Waals surface area contributed by atoms with Crippen molar-refractivity contribution in [2.45, 2.75) is 6.42 Å². The topological polar surface area (TPSA) is 46.6 Å².